The molecule has 0 aliphatic heterocycles. The van der Waals surface area contributed by atoms with Gasteiger partial charge in [-0.25, -0.2) is 0 Å². The van der Waals surface area contributed by atoms with Crippen LogP contribution in [0.25, 0.3) is 0 Å². The number of esters is 1. The van der Waals surface area contributed by atoms with Crippen LogP contribution >= 0.6 is 11.8 Å². The predicted octanol–water partition coefficient (Wildman–Crippen LogP) is 1.84. The Morgan fingerprint density at radius 2 is 2.09 bits per heavy atom. The molecular formula is C13H16N2O6S. The molecule has 0 atom stereocenters. The van der Waals surface area contributed by atoms with Gasteiger partial charge in [0.05, 0.1) is 41.9 Å². The number of nitro groups is 1. The van der Waals surface area contributed by atoms with Gasteiger partial charge < -0.3 is 14.8 Å². The van der Waals surface area contributed by atoms with Crippen LogP contribution in [0.15, 0.2) is 18.2 Å². The molecule has 0 radical (unpaired) electrons. The number of methoxy groups -OCH3 is 1. The van der Waals surface area contributed by atoms with E-state index >= 15 is 0 Å². The lowest BCUT2D eigenvalue weighted by Crippen LogP contribution is -2.16. The lowest BCUT2D eigenvalue weighted by Gasteiger charge is -2.09. The maximum Gasteiger partial charge on any atom is 0.315 e. The van der Waals surface area contributed by atoms with Crippen LogP contribution < -0.4 is 10.1 Å². The monoisotopic (exact) mass is 328 g/mol. The van der Waals surface area contributed by atoms with E-state index < -0.39 is 4.92 Å². The molecule has 8 nitrogen and oxygen atoms in total. The molecule has 1 amide bonds. The molecule has 1 aromatic carbocycles. The van der Waals surface area contributed by atoms with Gasteiger partial charge in [0.1, 0.15) is 5.75 Å². The summed E-state index contributed by atoms with van der Waals surface area (Å²) in [5.41, 5.74) is 0.196. The zero-order valence-electron chi connectivity index (χ0n) is 12.2. The second kappa shape index (κ2) is 8.88. The van der Waals surface area contributed by atoms with E-state index in [1.807, 2.05) is 0 Å². The molecule has 1 N–H and O–H groups in total. The fourth-order valence-corrected chi connectivity index (χ4v) is 2.12. The number of anilines is 1. The molecule has 0 unspecified atom stereocenters. The molecule has 0 aromatic heterocycles. The van der Waals surface area contributed by atoms with E-state index in [0.717, 1.165) is 11.8 Å². The number of ether oxygens (including phenoxy) is 2. The number of hydrogen-bond donors (Lipinski definition) is 1. The lowest BCUT2D eigenvalue weighted by molar-refractivity contribution is -0.384. The van der Waals surface area contributed by atoms with Crippen LogP contribution in [0, 0.1) is 10.1 Å². The smallest absolute Gasteiger partial charge is 0.315 e. The van der Waals surface area contributed by atoms with Crippen molar-refractivity contribution >= 4 is 35.0 Å². The Balaban J connectivity index is 2.57. The molecule has 0 aliphatic carbocycles. The van der Waals surface area contributed by atoms with Gasteiger partial charge in [-0.1, -0.05) is 0 Å². The summed E-state index contributed by atoms with van der Waals surface area (Å²) in [7, 11) is 1.35. The van der Waals surface area contributed by atoms with Crippen LogP contribution in [0.4, 0.5) is 11.4 Å². The van der Waals surface area contributed by atoms with E-state index in [9.17, 15) is 19.7 Å². The molecule has 0 bridgehead atoms. The van der Waals surface area contributed by atoms with Crippen LogP contribution in [0.5, 0.6) is 5.75 Å². The number of nitro benzene ring substituents is 1. The zero-order valence-corrected chi connectivity index (χ0v) is 13.0. The summed E-state index contributed by atoms with van der Waals surface area (Å²) in [6, 6.07) is 3.89. The Hall–Kier alpha value is -2.29. The molecule has 0 heterocycles. The molecule has 120 valence electrons. The van der Waals surface area contributed by atoms with Crippen molar-refractivity contribution < 1.29 is 24.0 Å². The average molecular weight is 328 g/mol. The van der Waals surface area contributed by atoms with Crippen LogP contribution in [0.1, 0.15) is 6.92 Å². The van der Waals surface area contributed by atoms with E-state index in [4.69, 9.17) is 9.47 Å². The Kier molecular flexibility index (Phi) is 7.17. The second-order valence-electron chi connectivity index (χ2n) is 3.99. The van der Waals surface area contributed by atoms with Gasteiger partial charge in [0.15, 0.2) is 0 Å². The molecule has 0 fully saturated rings. The number of carbonyl (C=O) groups is 2. The largest absolute Gasteiger partial charge is 0.494 e. The van der Waals surface area contributed by atoms with Gasteiger partial charge in [0.25, 0.3) is 5.69 Å². The van der Waals surface area contributed by atoms with Crippen molar-refractivity contribution in [2.75, 3.05) is 30.5 Å². The van der Waals surface area contributed by atoms with Crippen LogP contribution in [0.2, 0.25) is 0 Å². The summed E-state index contributed by atoms with van der Waals surface area (Å²) >= 11 is 1.11. The first-order valence-electron chi connectivity index (χ1n) is 6.33. The number of nitrogens with one attached hydrogen (secondary N) is 1. The molecule has 9 heteroatoms. The molecular weight excluding hydrogens is 312 g/mol. The predicted molar refractivity (Wildman–Crippen MR) is 82.2 cm³/mol. The Morgan fingerprint density at radius 1 is 1.36 bits per heavy atom. The van der Waals surface area contributed by atoms with Gasteiger partial charge in [0.2, 0.25) is 5.91 Å². The van der Waals surface area contributed by atoms with Crippen molar-refractivity contribution in [3.05, 3.63) is 28.3 Å². The highest BCUT2D eigenvalue weighted by molar-refractivity contribution is 8.00. The van der Waals surface area contributed by atoms with Crippen molar-refractivity contribution in [3.8, 4) is 5.75 Å². The first-order valence-corrected chi connectivity index (χ1v) is 7.49. The number of carbonyl (C=O) groups excluding carboxylic acids is 2. The Labute approximate surface area is 131 Å². The zero-order chi connectivity index (χ0) is 16.5. The molecule has 1 aromatic rings. The summed E-state index contributed by atoms with van der Waals surface area (Å²) in [5.74, 6) is -0.398. The van der Waals surface area contributed by atoms with Crippen LogP contribution in [-0.4, -0.2) is 42.0 Å². The summed E-state index contributed by atoms with van der Waals surface area (Å²) in [5, 5.41) is 13.3. The Bertz CT molecular complexity index is 563. The summed E-state index contributed by atoms with van der Waals surface area (Å²) in [6.45, 7) is 2.00. The summed E-state index contributed by atoms with van der Waals surface area (Å²) < 4.78 is 9.75. The van der Waals surface area contributed by atoms with Crippen molar-refractivity contribution in [1.29, 1.82) is 0 Å². The minimum Gasteiger partial charge on any atom is -0.494 e. The van der Waals surface area contributed by atoms with Crippen molar-refractivity contribution in [3.63, 3.8) is 0 Å². The molecule has 0 saturated heterocycles. The van der Waals surface area contributed by atoms with Gasteiger partial charge >= 0.3 is 5.97 Å². The van der Waals surface area contributed by atoms with Crippen molar-refractivity contribution in [1.82, 2.24) is 0 Å². The van der Waals surface area contributed by atoms with Gasteiger partial charge in [-0.2, -0.15) is 0 Å². The number of amides is 1. The number of thioether (sulfide) groups is 1. The van der Waals surface area contributed by atoms with Gasteiger partial charge in [0, 0.05) is 6.07 Å². The molecule has 22 heavy (non-hydrogen) atoms. The molecule has 1 rings (SSSR count). The number of rotatable bonds is 8. The van der Waals surface area contributed by atoms with E-state index in [1.54, 1.807) is 6.92 Å². The number of benzene rings is 1. The highest BCUT2D eigenvalue weighted by atomic mass is 32.2. The third-order valence-corrected chi connectivity index (χ3v) is 3.33. The van der Waals surface area contributed by atoms with E-state index in [0.29, 0.717) is 12.3 Å². The second-order valence-corrected chi connectivity index (χ2v) is 4.97. The van der Waals surface area contributed by atoms with Crippen molar-refractivity contribution in [2.45, 2.75) is 6.92 Å². The maximum absolute atomic E-state index is 11.8. The Morgan fingerprint density at radius 3 is 2.68 bits per heavy atom. The highest BCUT2D eigenvalue weighted by Gasteiger charge is 2.13. The SMILES string of the molecule is CCOC(=O)CSCC(=O)Nc1ccc([N+](=O)[O-])cc1OC. The van der Waals surface area contributed by atoms with E-state index in [1.165, 1.54) is 25.3 Å². The third kappa shape index (κ3) is 5.60. The fraction of sp³-hybridized carbons (Fsp3) is 0.385. The maximum atomic E-state index is 11.8. The number of non-ortho nitro benzene ring substituents is 1. The van der Waals surface area contributed by atoms with E-state index in [-0.39, 0.29) is 34.8 Å². The molecule has 0 spiro atoms. The summed E-state index contributed by atoms with van der Waals surface area (Å²) in [4.78, 5) is 33.0. The number of nitrogens with zero attached hydrogens (tertiary/aromatic N) is 1. The van der Waals surface area contributed by atoms with E-state index in [2.05, 4.69) is 5.32 Å². The normalized spacial score (nSPS) is 9.91. The molecule has 0 saturated carbocycles. The third-order valence-electron chi connectivity index (χ3n) is 2.43. The van der Waals surface area contributed by atoms with Crippen LogP contribution in [0.3, 0.4) is 0 Å². The van der Waals surface area contributed by atoms with Gasteiger partial charge in [-0.3, -0.25) is 19.7 Å². The fourth-order valence-electron chi connectivity index (χ4n) is 1.51. The highest BCUT2D eigenvalue weighted by Crippen LogP contribution is 2.29. The lowest BCUT2D eigenvalue weighted by atomic mass is 10.2. The summed E-state index contributed by atoms with van der Waals surface area (Å²) in [6.07, 6.45) is 0. The number of hydrogen-bond acceptors (Lipinski definition) is 7. The van der Waals surface area contributed by atoms with Gasteiger partial charge in [-0.15, -0.1) is 11.8 Å². The minimum atomic E-state index is -0.552. The first-order chi connectivity index (χ1) is 10.5. The molecule has 0 aliphatic rings. The average Bonchev–Trinajstić information content (AvgIpc) is 2.47. The quantitative estimate of drug-likeness (QED) is 0.440. The van der Waals surface area contributed by atoms with Crippen molar-refractivity contribution in [2.24, 2.45) is 0 Å². The van der Waals surface area contributed by atoms with Crippen LogP contribution in [-0.2, 0) is 14.3 Å². The minimum absolute atomic E-state index is 0.0545. The first kappa shape index (κ1) is 17.8. The topological polar surface area (TPSA) is 108 Å². The van der Waals surface area contributed by atoms with Gasteiger partial charge in [-0.05, 0) is 13.0 Å². The standard InChI is InChI=1S/C13H16N2O6S/c1-3-21-13(17)8-22-7-12(16)14-10-5-4-9(15(18)19)6-11(10)20-2/h4-6H,3,7-8H2,1-2H3,(H,14,16).